The molecule has 1 aromatic heterocycles. The van der Waals surface area contributed by atoms with Gasteiger partial charge < -0.3 is 14.2 Å². The molecule has 0 aliphatic heterocycles. The minimum atomic E-state index is -0.785. The number of pyridine rings is 1. The average Bonchev–Trinajstić information content (AvgIpc) is 3.04. The fourth-order valence-corrected chi connectivity index (χ4v) is 4.26. The zero-order valence-electron chi connectivity index (χ0n) is 23.0. The van der Waals surface area contributed by atoms with E-state index in [9.17, 15) is 19.7 Å². The number of aromatic nitrogens is 1. The summed E-state index contributed by atoms with van der Waals surface area (Å²) in [5.74, 6) is -0.340. The number of nitro groups is 1. The normalized spacial score (nSPS) is 10.8. The number of carbonyl (C=O) groups excluding carboxylic acids is 2. The van der Waals surface area contributed by atoms with Crippen molar-refractivity contribution < 1.29 is 28.7 Å². The Morgan fingerprint density at radius 1 is 0.884 bits per heavy atom. The number of ether oxygens (including phenoxy) is 3. The fourth-order valence-electron chi connectivity index (χ4n) is 4.26. The van der Waals surface area contributed by atoms with Crippen LogP contribution >= 0.6 is 0 Å². The van der Waals surface area contributed by atoms with Crippen molar-refractivity contribution in [3.63, 3.8) is 0 Å². The Morgan fingerprint density at radius 3 is 2.44 bits per heavy atom. The lowest BCUT2D eigenvalue weighted by Gasteiger charge is -2.11. The Kier molecular flexibility index (Phi) is 8.33. The lowest BCUT2D eigenvalue weighted by atomic mass is 10.0. The maximum Gasteiger partial charge on any atom is 0.343 e. The molecule has 0 atom stereocenters. The number of nitrogens with zero attached hydrogens (tertiary/aromatic N) is 3. The molecule has 0 radical (unpaired) electrons. The summed E-state index contributed by atoms with van der Waals surface area (Å²) >= 11 is 0. The number of rotatable bonds is 9. The first-order chi connectivity index (χ1) is 20.9. The van der Waals surface area contributed by atoms with Crippen molar-refractivity contribution in [3.05, 3.63) is 124 Å². The van der Waals surface area contributed by atoms with Gasteiger partial charge in [0.2, 0.25) is 0 Å². The Morgan fingerprint density at radius 2 is 1.70 bits per heavy atom. The lowest BCUT2D eigenvalue weighted by molar-refractivity contribution is -0.384. The molecule has 0 spiro atoms. The Bertz CT molecular complexity index is 1870. The van der Waals surface area contributed by atoms with Crippen LogP contribution in [0.1, 0.15) is 26.3 Å². The van der Waals surface area contributed by atoms with E-state index < -0.39 is 16.8 Å². The molecule has 0 unspecified atom stereocenters. The molecule has 11 heteroatoms. The maximum atomic E-state index is 13.3. The number of esters is 1. The quantitative estimate of drug-likeness (QED) is 0.0762. The van der Waals surface area contributed by atoms with Gasteiger partial charge in [-0.25, -0.2) is 15.2 Å². The van der Waals surface area contributed by atoms with Crippen molar-refractivity contribution in [2.45, 2.75) is 0 Å². The van der Waals surface area contributed by atoms with Gasteiger partial charge in [-0.1, -0.05) is 36.4 Å². The van der Waals surface area contributed by atoms with Crippen molar-refractivity contribution >= 4 is 34.7 Å². The number of carbonyl (C=O) groups is 2. The van der Waals surface area contributed by atoms with E-state index in [4.69, 9.17) is 19.2 Å². The number of benzene rings is 4. The van der Waals surface area contributed by atoms with E-state index in [2.05, 4.69) is 10.5 Å². The predicted octanol–water partition coefficient (Wildman–Crippen LogP) is 5.81. The van der Waals surface area contributed by atoms with Crippen molar-refractivity contribution in [1.29, 1.82) is 0 Å². The van der Waals surface area contributed by atoms with Gasteiger partial charge in [-0.15, -0.1) is 0 Å². The summed E-state index contributed by atoms with van der Waals surface area (Å²) in [6.45, 7) is 0. The first-order valence-corrected chi connectivity index (χ1v) is 12.9. The second kappa shape index (κ2) is 12.6. The van der Waals surface area contributed by atoms with Gasteiger partial charge in [-0.3, -0.25) is 14.9 Å². The number of fused-ring (bicyclic) bond motifs is 1. The lowest BCUT2D eigenvalue weighted by Crippen LogP contribution is -2.18. The van der Waals surface area contributed by atoms with E-state index in [1.165, 1.54) is 37.6 Å². The largest absolute Gasteiger partial charge is 0.497 e. The second-order valence-corrected chi connectivity index (χ2v) is 9.11. The van der Waals surface area contributed by atoms with E-state index in [1.54, 1.807) is 43.5 Å². The van der Waals surface area contributed by atoms with Crippen LogP contribution in [-0.2, 0) is 0 Å². The highest BCUT2D eigenvalue weighted by molar-refractivity contribution is 6.07. The summed E-state index contributed by atoms with van der Waals surface area (Å²) in [4.78, 5) is 41.0. The topological polar surface area (TPSA) is 142 Å². The van der Waals surface area contributed by atoms with Crippen LogP contribution in [-0.4, -0.2) is 42.2 Å². The zero-order chi connectivity index (χ0) is 30.3. The van der Waals surface area contributed by atoms with Crippen LogP contribution in [0.3, 0.4) is 0 Å². The van der Waals surface area contributed by atoms with Gasteiger partial charge in [-0.2, -0.15) is 5.10 Å². The third-order valence-corrected chi connectivity index (χ3v) is 6.39. The van der Waals surface area contributed by atoms with Crippen LogP contribution < -0.4 is 19.6 Å². The molecule has 1 heterocycles. The average molecular weight is 577 g/mol. The number of hydrazone groups is 1. The highest BCUT2D eigenvalue weighted by atomic mass is 16.6. The molecule has 0 fully saturated rings. The van der Waals surface area contributed by atoms with Crippen LogP contribution in [0.25, 0.3) is 22.2 Å². The third-order valence-electron chi connectivity index (χ3n) is 6.39. The summed E-state index contributed by atoms with van der Waals surface area (Å²) in [6, 6.07) is 26.4. The Balaban J connectivity index is 1.35. The van der Waals surface area contributed by atoms with Gasteiger partial charge in [0.05, 0.1) is 47.7 Å². The number of amides is 1. The number of nitrogens with one attached hydrogen (secondary N) is 1. The van der Waals surface area contributed by atoms with E-state index in [0.29, 0.717) is 33.5 Å². The first kappa shape index (κ1) is 28.4. The van der Waals surface area contributed by atoms with Crippen molar-refractivity contribution in [3.8, 4) is 28.5 Å². The fraction of sp³-hybridized carbons (Fsp3) is 0.0625. The first-order valence-electron chi connectivity index (χ1n) is 12.9. The van der Waals surface area contributed by atoms with Crippen molar-refractivity contribution in [2.24, 2.45) is 5.10 Å². The molecule has 5 rings (SSSR count). The van der Waals surface area contributed by atoms with Crippen LogP contribution in [0, 0.1) is 10.1 Å². The summed E-state index contributed by atoms with van der Waals surface area (Å²) in [5.41, 5.74) is 5.35. The Labute approximate surface area is 245 Å². The molecule has 0 saturated heterocycles. The molecule has 0 saturated carbocycles. The molecule has 4 aromatic carbocycles. The standard InChI is InChI=1S/C32H24N4O7/c1-41-24-12-13-27-25(17-24)26(18-28(34-27)21-7-4-3-5-8-21)31(37)35-33-19-20-11-14-29(30(15-20)42-2)43-32(38)22-9-6-10-23(16-22)36(39)40/h3-19H,1-2H3,(H,35,37). The van der Waals surface area contributed by atoms with Crippen LogP contribution in [0.5, 0.6) is 17.2 Å². The molecular formula is C32H24N4O7. The molecular weight excluding hydrogens is 552 g/mol. The van der Waals surface area contributed by atoms with Crippen molar-refractivity contribution in [1.82, 2.24) is 10.4 Å². The monoisotopic (exact) mass is 576 g/mol. The maximum absolute atomic E-state index is 13.3. The highest BCUT2D eigenvalue weighted by Gasteiger charge is 2.17. The van der Waals surface area contributed by atoms with E-state index in [1.807, 2.05) is 30.3 Å². The summed E-state index contributed by atoms with van der Waals surface area (Å²) < 4.78 is 16.1. The van der Waals surface area contributed by atoms with Crippen LogP contribution in [0.2, 0.25) is 0 Å². The molecule has 11 nitrogen and oxygen atoms in total. The molecule has 5 aromatic rings. The van der Waals surface area contributed by atoms with Gasteiger partial charge in [0.15, 0.2) is 11.5 Å². The zero-order valence-corrected chi connectivity index (χ0v) is 23.0. The molecule has 1 N–H and O–H groups in total. The smallest absolute Gasteiger partial charge is 0.343 e. The minimum absolute atomic E-state index is 0.0151. The number of nitro benzene ring substituents is 1. The number of non-ortho nitro benzene ring substituents is 1. The molecule has 0 aliphatic carbocycles. The number of hydrogen-bond donors (Lipinski definition) is 1. The minimum Gasteiger partial charge on any atom is -0.497 e. The van der Waals surface area contributed by atoms with E-state index in [0.717, 1.165) is 11.6 Å². The van der Waals surface area contributed by atoms with Crippen LogP contribution in [0.15, 0.2) is 102 Å². The highest BCUT2D eigenvalue weighted by Crippen LogP contribution is 2.30. The second-order valence-electron chi connectivity index (χ2n) is 9.11. The third kappa shape index (κ3) is 6.46. The summed E-state index contributed by atoms with van der Waals surface area (Å²) in [7, 11) is 2.95. The van der Waals surface area contributed by atoms with Gasteiger partial charge in [0.1, 0.15) is 5.75 Å². The molecule has 0 aliphatic rings. The summed E-state index contributed by atoms with van der Waals surface area (Å²) in [5, 5.41) is 15.7. The molecule has 43 heavy (non-hydrogen) atoms. The number of hydrogen-bond acceptors (Lipinski definition) is 9. The Hall–Kier alpha value is -6.10. The van der Waals surface area contributed by atoms with Gasteiger partial charge in [0, 0.05) is 23.1 Å². The molecule has 1 amide bonds. The van der Waals surface area contributed by atoms with Crippen molar-refractivity contribution in [2.75, 3.05) is 14.2 Å². The SMILES string of the molecule is COc1ccc2nc(-c3ccccc3)cc(C(=O)NN=Cc3ccc(OC(=O)c4cccc([N+](=O)[O-])c4)c(OC)c3)c2c1. The van der Waals surface area contributed by atoms with Gasteiger partial charge >= 0.3 is 5.97 Å². The molecule has 214 valence electrons. The van der Waals surface area contributed by atoms with Gasteiger partial charge in [-0.05, 0) is 54.1 Å². The van der Waals surface area contributed by atoms with E-state index >= 15 is 0 Å². The predicted molar refractivity (Wildman–Crippen MR) is 160 cm³/mol. The molecule has 0 bridgehead atoms. The van der Waals surface area contributed by atoms with Gasteiger partial charge in [0.25, 0.3) is 11.6 Å². The number of methoxy groups -OCH3 is 2. The summed E-state index contributed by atoms with van der Waals surface area (Å²) in [6.07, 6.45) is 1.41. The van der Waals surface area contributed by atoms with E-state index in [-0.39, 0.29) is 22.7 Å². The van der Waals surface area contributed by atoms with Crippen LogP contribution in [0.4, 0.5) is 5.69 Å².